The third-order valence-electron chi connectivity index (χ3n) is 8.22. The van der Waals surface area contributed by atoms with Gasteiger partial charge in [-0.25, -0.2) is 8.78 Å². The highest BCUT2D eigenvalue weighted by Gasteiger charge is 2.35. The van der Waals surface area contributed by atoms with Crippen LogP contribution in [-0.2, 0) is 0 Å². The molecule has 0 radical (unpaired) electrons. The van der Waals surface area contributed by atoms with Crippen LogP contribution in [0.4, 0.5) is 8.78 Å². The Morgan fingerprint density at radius 2 is 1.49 bits per heavy atom. The van der Waals surface area contributed by atoms with E-state index in [0.717, 1.165) is 48.9 Å². The molecule has 5 rings (SSSR count). The van der Waals surface area contributed by atoms with Crippen LogP contribution in [-0.4, -0.2) is 52.8 Å². The van der Waals surface area contributed by atoms with Gasteiger partial charge in [-0.15, -0.1) is 0 Å². The number of benzene rings is 1. The van der Waals surface area contributed by atoms with E-state index >= 15 is 0 Å². The second-order valence-electron chi connectivity index (χ2n) is 10.4. The van der Waals surface area contributed by atoms with Gasteiger partial charge in [-0.05, 0) is 68.7 Å². The molecular weight excluding hydrogens is 448 g/mol. The standard InChI is InChI=1S/C28H33F2N3O2/c1-18-9-10-22(27(34)33-16-11-19-5-2-3-6-21(19)17-33)26(31-18)20-12-14-32(15-13-20)28(35)25-23(29)7-4-8-24(25)30/h4,7-10,19-21H,2-3,5-6,11-17H2,1H3/t19-,21+/m0/s1. The van der Waals surface area contributed by atoms with Crippen LogP contribution in [0.5, 0.6) is 0 Å². The lowest BCUT2D eigenvalue weighted by molar-refractivity contribution is 0.0516. The number of aryl methyl sites for hydroxylation is 1. The van der Waals surface area contributed by atoms with Crippen molar-refractivity contribution in [2.24, 2.45) is 11.8 Å². The van der Waals surface area contributed by atoms with Crippen molar-refractivity contribution in [1.82, 2.24) is 14.8 Å². The number of amides is 2. The van der Waals surface area contributed by atoms with Gasteiger partial charge in [0.1, 0.15) is 17.2 Å². The molecule has 2 atom stereocenters. The lowest BCUT2D eigenvalue weighted by Gasteiger charge is -2.41. The molecule has 1 aromatic carbocycles. The molecule has 0 bridgehead atoms. The van der Waals surface area contributed by atoms with Gasteiger partial charge in [-0.3, -0.25) is 14.6 Å². The van der Waals surface area contributed by atoms with Gasteiger partial charge in [-0.2, -0.15) is 0 Å². The van der Waals surface area contributed by atoms with Crippen molar-refractivity contribution in [1.29, 1.82) is 0 Å². The Balaban J connectivity index is 1.30. The Morgan fingerprint density at radius 1 is 0.829 bits per heavy atom. The molecule has 0 unspecified atom stereocenters. The average molecular weight is 482 g/mol. The van der Waals surface area contributed by atoms with Crippen molar-refractivity contribution in [3.05, 3.63) is 64.5 Å². The molecule has 2 aliphatic heterocycles. The van der Waals surface area contributed by atoms with Crippen molar-refractivity contribution < 1.29 is 18.4 Å². The Labute approximate surface area is 205 Å². The van der Waals surface area contributed by atoms with Crippen molar-refractivity contribution in [3.63, 3.8) is 0 Å². The van der Waals surface area contributed by atoms with E-state index in [-0.39, 0.29) is 11.8 Å². The molecule has 5 nitrogen and oxygen atoms in total. The predicted molar refractivity (Wildman–Crippen MR) is 129 cm³/mol. The summed E-state index contributed by atoms with van der Waals surface area (Å²) in [4.78, 5) is 34.7. The molecular formula is C28H33F2N3O2. The van der Waals surface area contributed by atoms with Crippen LogP contribution in [0.2, 0.25) is 0 Å². The molecule has 1 saturated carbocycles. The average Bonchev–Trinajstić information content (AvgIpc) is 2.88. The minimum Gasteiger partial charge on any atom is -0.338 e. The van der Waals surface area contributed by atoms with Gasteiger partial charge in [0.2, 0.25) is 0 Å². The zero-order valence-corrected chi connectivity index (χ0v) is 20.3. The molecule has 0 spiro atoms. The first-order valence-corrected chi connectivity index (χ1v) is 12.9. The lowest BCUT2D eigenvalue weighted by Crippen LogP contribution is -2.45. The van der Waals surface area contributed by atoms with E-state index in [0.29, 0.717) is 37.4 Å². The van der Waals surface area contributed by atoms with E-state index < -0.39 is 23.1 Å². The van der Waals surface area contributed by atoms with Crippen LogP contribution in [0.15, 0.2) is 30.3 Å². The van der Waals surface area contributed by atoms with Gasteiger partial charge in [0.25, 0.3) is 11.8 Å². The third kappa shape index (κ3) is 4.82. The molecule has 0 N–H and O–H groups in total. The van der Waals surface area contributed by atoms with Crippen LogP contribution in [0.1, 0.15) is 83.0 Å². The number of piperidine rings is 2. The van der Waals surface area contributed by atoms with E-state index in [1.165, 1.54) is 36.6 Å². The summed E-state index contributed by atoms with van der Waals surface area (Å²) in [5.41, 5.74) is 1.82. The maximum absolute atomic E-state index is 14.1. The molecule has 3 fully saturated rings. The van der Waals surface area contributed by atoms with Gasteiger partial charge >= 0.3 is 0 Å². The predicted octanol–water partition coefficient (Wildman–Crippen LogP) is 5.34. The van der Waals surface area contributed by atoms with Gasteiger partial charge in [-0.1, -0.05) is 25.3 Å². The van der Waals surface area contributed by atoms with E-state index in [1.54, 1.807) is 0 Å². The van der Waals surface area contributed by atoms with Crippen LogP contribution in [0, 0.1) is 30.4 Å². The Hall–Kier alpha value is -2.83. The summed E-state index contributed by atoms with van der Waals surface area (Å²) in [6.07, 6.45) is 7.35. The minimum absolute atomic E-state index is 0.0237. The summed E-state index contributed by atoms with van der Waals surface area (Å²) in [6, 6.07) is 7.26. The number of fused-ring (bicyclic) bond motifs is 1. The quantitative estimate of drug-likeness (QED) is 0.595. The molecule has 2 aromatic rings. The maximum atomic E-state index is 14.1. The Kier molecular flexibility index (Phi) is 6.85. The number of likely N-dealkylation sites (tertiary alicyclic amines) is 2. The summed E-state index contributed by atoms with van der Waals surface area (Å²) >= 11 is 0. The number of pyridine rings is 1. The molecule has 3 aliphatic rings. The number of carbonyl (C=O) groups excluding carboxylic acids is 2. The second-order valence-corrected chi connectivity index (χ2v) is 10.4. The largest absolute Gasteiger partial charge is 0.338 e. The molecule has 35 heavy (non-hydrogen) atoms. The lowest BCUT2D eigenvalue weighted by atomic mass is 9.75. The number of hydrogen-bond acceptors (Lipinski definition) is 3. The first kappa shape index (κ1) is 23.9. The molecule has 186 valence electrons. The normalized spacial score (nSPS) is 23.2. The second kappa shape index (κ2) is 10.0. The maximum Gasteiger partial charge on any atom is 0.259 e. The van der Waals surface area contributed by atoms with Crippen molar-refractivity contribution in [3.8, 4) is 0 Å². The van der Waals surface area contributed by atoms with E-state index in [2.05, 4.69) is 0 Å². The van der Waals surface area contributed by atoms with Gasteiger partial charge in [0.15, 0.2) is 0 Å². The van der Waals surface area contributed by atoms with Crippen molar-refractivity contribution in [2.75, 3.05) is 26.2 Å². The van der Waals surface area contributed by atoms with E-state index in [4.69, 9.17) is 4.98 Å². The fraction of sp³-hybridized carbons (Fsp3) is 0.536. The first-order valence-electron chi connectivity index (χ1n) is 12.9. The number of rotatable bonds is 3. The topological polar surface area (TPSA) is 53.5 Å². The van der Waals surface area contributed by atoms with E-state index in [1.807, 2.05) is 24.0 Å². The Bertz CT molecular complexity index is 1090. The number of halogens is 2. The van der Waals surface area contributed by atoms with Crippen molar-refractivity contribution in [2.45, 2.75) is 57.8 Å². The molecule has 3 heterocycles. The smallest absolute Gasteiger partial charge is 0.259 e. The SMILES string of the molecule is Cc1ccc(C(=O)N2CC[C@@H]3CCCC[C@@H]3C2)c(C2CCN(C(=O)c3c(F)cccc3F)CC2)n1. The number of carbonyl (C=O) groups is 2. The van der Waals surface area contributed by atoms with Gasteiger partial charge in [0.05, 0.1) is 11.3 Å². The van der Waals surface area contributed by atoms with Gasteiger partial charge < -0.3 is 9.80 Å². The number of nitrogens with zero attached hydrogens (tertiary/aromatic N) is 3. The summed E-state index contributed by atoms with van der Waals surface area (Å²) in [7, 11) is 0. The summed E-state index contributed by atoms with van der Waals surface area (Å²) in [6.45, 7) is 4.29. The van der Waals surface area contributed by atoms with E-state index in [9.17, 15) is 18.4 Å². The van der Waals surface area contributed by atoms with Crippen LogP contribution in [0.25, 0.3) is 0 Å². The monoisotopic (exact) mass is 481 g/mol. The molecule has 1 aromatic heterocycles. The summed E-state index contributed by atoms with van der Waals surface area (Å²) in [5.74, 6) is -0.859. The highest BCUT2D eigenvalue weighted by molar-refractivity contribution is 5.96. The highest BCUT2D eigenvalue weighted by Crippen LogP contribution is 2.37. The van der Waals surface area contributed by atoms with Gasteiger partial charge in [0, 0.05) is 37.8 Å². The number of hydrogen-bond donors (Lipinski definition) is 0. The molecule has 7 heteroatoms. The summed E-state index contributed by atoms with van der Waals surface area (Å²) < 4.78 is 28.2. The van der Waals surface area contributed by atoms with Crippen LogP contribution in [0.3, 0.4) is 0 Å². The number of aromatic nitrogens is 1. The minimum atomic E-state index is -0.841. The van der Waals surface area contributed by atoms with Crippen LogP contribution < -0.4 is 0 Å². The molecule has 1 aliphatic carbocycles. The third-order valence-corrected chi connectivity index (χ3v) is 8.22. The highest BCUT2D eigenvalue weighted by atomic mass is 19.1. The zero-order chi connectivity index (χ0) is 24.5. The molecule has 2 amide bonds. The zero-order valence-electron chi connectivity index (χ0n) is 20.3. The van der Waals surface area contributed by atoms with Crippen LogP contribution >= 0.6 is 0 Å². The van der Waals surface area contributed by atoms with Crippen molar-refractivity contribution >= 4 is 11.8 Å². The Morgan fingerprint density at radius 3 is 2.20 bits per heavy atom. The fourth-order valence-corrected chi connectivity index (χ4v) is 6.24. The molecule has 2 saturated heterocycles. The summed E-state index contributed by atoms with van der Waals surface area (Å²) in [5, 5.41) is 0. The first-order chi connectivity index (χ1) is 16.9. The fourth-order valence-electron chi connectivity index (χ4n) is 6.24.